The number of anilines is 1. The van der Waals surface area contributed by atoms with E-state index in [2.05, 4.69) is 16.7 Å². The molecule has 1 aliphatic heterocycles. The summed E-state index contributed by atoms with van der Waals surface area (Å²) in [4.78, 5) is 23.4. The highest BCUT2D eigenvalue weighted by atomic mass is 16.2. The van der Waals surface area contributed by atoms with Gasteiger partial charge in [0.1, 0.15) is 0 Å². The Morgan fingerprint density at radius 2 is 1.91 bits per heavy atom. The zero-order chi connectivity index (χ0) is 16.2. The monoisotopic (exact) mass is 308 g/mol. The Morgan fingerprint density at radius 3 is 2.70 bits per heavy atom. The van der Waals surface area contributed by atoms with Gasteiger partial charge in [0.15, 0.2) is 0 Å². The van der Waals surface area contributed by atoms with E-state index >= 15 is 0 Å². The van der Waals surface area contributed by atoms with Gasteiger partial charge in [-0.25, -0.2) is 0 Å². The molecule has 1 aliphatic rings. The largest absolute Gasteiger partial charge is 0.352 e. The summed E-state index contributed by atoms with van der Waals surface area (Å²) in [6.45, 7) is 2.60. The van der Waals surface area contributed by atoms with Crippen molar-refractivity contribution in [3.05, 3.63) is 64.7 Å². The molecular formula is C19H20N2O2. The summed E-state index contributed by atoms with van der Waals surface area (Å²) >= 11 is 0. The van der Waals surface area contributed by atoms with Gasteiger partial charge in [0.05, 0.1) is 0 Å². The number of rotatable bonds is 4. The third-order valence-electron chi connectivity index (χ3n) is 4.08. The Hall–Kier alpha value is -2.62. The van der Waals surface area contributed by atoms with Gasteiger partial charge in [-0.2, -0.15) is 0 Å². The number of hydrogen-bond acceptors (Lipinski definition) is 2. The van der Waals surface area contributed by atoms with Crippen molar-refractivity contribution in [2.45, 2.75) is 26.2 Å². The van der Waals surface area contributed by atoms with Gasteiger partial charge >= 0.3 is 0 Å². The zero-order valence-corrected chi connectivity index (χ0v) is 13.2. The molecule has 0 spiro atoms. The van der Waals surface area contributed by atoms with Crippen LogP contribution < -0.4 is 10.6 Å². The molecule has 23 heavy (non-hydrogen) atoms. The van der Waals surface area contributed by atoms with E-state index in [-0.39, 0.29) is 11.8 Å². The number of benzene rings is 2. The zero-order valence-electron chi connectivity index (χ0n) is 13.2. The van der Waals surface area contributed by atoms with E-state index in [0.29, 0.717) is 18.5 Å². The lowest BCUT2D eigenvalue weighted by Crippen LogP contribution is -2.25. The lowest BCUT2D eigenvalue weighted by Gasteiger charge is -2.17. The molecule has 0 saturated carbocycles. The van der Waals surface area contributed by atoms with E-state index in [4.69, 9.17) is 0 Å². The smallest absolute Gasteiger partial charge is 0.251 e. The summed E-state index contributed by atoms with van der Waals surface area (Å²) in [5.74, 6) is 0.0332. The molecule has 2 aromatic rings. The van der Waals surface area contributed by atoms with Crippen molar-refractivity contribution in [1.29, 1.82) is 0 Å². The van der Waals surface area contributed by atoms with Crippen molar-refractivity contribution in [3.8, 4) is 0 Å². The average Bonchev–Trinajstić information content (AvgIpc) is 2.55. The average molecular weight is 308 g/mol. The number of amides is 2. The first-order valence-corrected chi connectivity index (χ1v) is 7.88. The van der Waals surface area contributed by atoms with Crippen LogP contribution in [0.15, 0.2) is 42.5 Å². The van der Waals surface area contributed by atoms with Gasteiger partial charge in [-0.3, -0.25) is 9.59 Å². The molecule has 0 bridgehead atoms. The van der Waals surface area contributed by atoms with Crippen LogP contribution in [0.1, 0.15) is 33.5 Å². The van der Waals surface area contributed by atoms with Gasteiger partial charge in [0.2, 0.25) is 5.91 Å². The highest BCUT2D eigenvalue weighted by molar-refractivity contribution is 5.94. The molecule has 0 atom stereocenters. The van der Waals surface area contributed by atoms with Crippen molar-refractivity contribution in [1.82, 2.24) is 5.32 Å². The van der Waals surface area contributed by atoms with E-state index in [9.17, 15) is 9.59 Å². The van der Waals surface area contributed by atoms with Crippen LogP contribution >= 0.6 is 0 Å². The summed E-state index contributed by atoms with van der Waals surface area (Å²) in [7, 11) is 0. The SMILES string of the molecule is Cc1ccc(C(=O)NCCc2ccc3c(c2)CCC(=O)N3)cc1. The summed E-state index contributed by atoms with van der Waals surface area (Å²) < 4.78 is 0. The summed E-state index contributed by atoms with van der Waals surface area (Å²) in [5.41, 5.74) is 5.08. The minimum Gasteiger partial charge on any atom is -0.352 e. The fourth-order valence-electron chi connectivity index (χ4n) is 2.72. The van der Waals surface area contributed by atoms with Crippen molar-refractivity contribution >= 4 is 17.5 Å². The maximum atomic E-state index is 12.1. The van der Waals surface area contributed by atoms with Crippen LogP contribution in [0.2, 0.25) is 0 Å². The molecule has 4 nitrogen and oxygen atoms in total. The molecule has 118 valence electrons. The Bertz CT molecular complexity index is 736. The number of fused-ring (bicyclic) bond motifs is 1. The van der Waals surface area contributed by atoms with Crippen molar-refractivity contribution < 1.29 is 9.59 Å². The van der Waals surface area contributed by atoms with Crippen LogP contribution in [-0.4, -0.2) is 18.4 Å². The highest BCUT2D eigenvalue weighted by Crippen LogP contribution is 2.23. The third-order valence-corrected chi connectivity index (χ3v) is 4.08. The van der Waals surface area contributed by atoms with Crippen LogP contribution in [0.25, 0.3) is 0 Å². The lowest BCUT2D eigenvalue weighted by molar-refractivity contribution is -0.116. The second-order valence-electron chi connectivity index (χ2n) is 5.91. The molecule has 2 amide bonds. The minimum absolute atomic E-state index is 0.0461. The molecule has 0 radical (unpaired) electrons. The van der Waals surface area contributed by atoms with Gasteiger partial charge in [-0.15, -0.1) is 0 Å². The summed E-state index contributed by atoms with van der Waals surface area (Å²) in [6.07, 6.45) is 2.10. The van der Waals surface area contributed by atoms with Crippen LogP contribution in [0.5, 0.6) is 0 Å². The van der Waals surface area contributed by atoms with E-state index < -0.39 is 0 Å². The predicted octanol–water partition coefficient (Wildman–Crippen LogP) is 2.85. The minimum atomic E-state index is -0.0461. The van der Waals surface area contributed by atoms with Gasteiger partial charge in [-0.05, 0) is 49.1 Å². The van der Waals surface area contributed by atoms with E-state index in [0.717, 1.165) is 24.1 Å². The van der Waals surface area contributed by atoms with Gasteiger partial charge in [-0.1, -0.05) is 29.8 Å². The van der Waals surface area contributed by atoms with E-state index in [1.54, 1.807) is 0 Å². The number of carbonyl (C=O) groups is 2. The predicted molar refractivity (Wildman–Crippen MR) is 90.6 cm³/mol. The maximum absolute atomic E-state index is 12.1. The molecule has 3 rings (SSSR count). The van der Waals surface area contributed by atoms with Gasteiger partial charge in [0, 0.05) is 24.2 Å². The third kappa shape index (κ3) is 3.77. The van der Waals surface area contributed by atoms with Gasteiger partial charge < -0.3 is 10.6 Å². The summed E-state index contributed by atoms with van der Waals surface area (Å²) in [6, 6.07) is 13.6. The van der Waals surface area contributed by atoms with Crippen molar-refractivity contribution in [3.63, 3.8) is 0 Å². The molecule has 1 heterocycles. The first-order valence-electron chi connectivity index (χ1n) is 7.88. The molecule has 0 aliphatic carbocycles. The Labute approximate surface area is 135 Å². The molecule has 0 fully saturated rings. The Balaban J connectivity index is 1.55. The molecular weight excluding hydrogens is 288 g/mol. The second kappa shape index (κ2) is 6.65. The topological polar surface area (TPSA) is 58.2 Å². The fourth-order valence-corrected chi connectivity index (χ4v) is 2.72. The van der Waals surface area contributed by atoms with E-state index in [1.807, 2.05) is 43.3 Å². The molecule has 0 aromatic heterocycles. The molecule has 2 N–H and O–H groups in total. The van der Waals surface area contributed by atoms with Crippen molar-refractivity contribution in [2.75, 3.05) is 11.9 Å². The normalized spacial score (nSPS) is 13.2. The van der Waals surface area contributed by atoms with Crippen LogP contribution in [0.3, 0.4) is 0 Å². The standard InChI is InChI=1S/C19H20N2O2/c1-13-2-5-15(6-3-13)19(23)20-11-10-14-4-8-17-16(12-14)7-9-18(22)21-17/h2-6,8,12H,7,9-11H2,1H3,(H,20,23)(H,21,22). The number of carbonyl (C=O) groups excluding carboxylic acids is 2. The van der Waals surface area contributed by atoms with Gasteiger partial charge in [0.25, 0.3) is 5.91 Å². The highest BCUT2D eigenvalue weighted by Gasteiger charge is 2.14. The number of nitrogens with one attached hydrogen (secondary N) is 2. The molecule has 4 heteroatoms. The second-order valence-corrected chi connectivity index (χ2v) is 5.91. The molecule has 2 aromatic carbocycles. The maximum Gasteiger partial charge on any atom is 0.251 e. The lowest BCUT2D eigenvalue weighted by atomic mass is 9.99. The van der Waals surface area contributed by atoms with E-state index in [1.165, 1.54) is 11.1 Å². The first-order chi connectivity index (χ1) is 11.1. The first kappa shape index (κ1) is 15.3. The Morgan fingerprint density at radius 1 is 1.13 bits per heavy atom. The number of hydrogen-bond donors (Lipinski definition) is 2. The van der Waals surface area contributed by atoms with Crippen LogP contribution in [0.4, 0.5) is 5.69 Å². The molecule has 0 saturated heterocycles. The van der Waals surface area contributed by atoms with Crippen LogP contribution in [0, 0.1) is 6.92 Å². The molecule has 0 unspecified atom stereocenters. The Kier molecular flexibility index (Phi) is 4.42. The van der Waals surface area contributed by atoms with Crippen LogP contribution in [-0.2, 0) is 17.6 Å². The fraction of sp³-hybridized carbons (Fsp3) is 0.263. The quantitative estimate of drug-likeness (QED) is 0.912. The number of aryl methyl sites for hydroxylation is 2. The summed E-state index contributed by atoms with van der Waals surface area (Å²) in [5, 5.41) is 5.82. The van der Waals surface area contributed by atoms with Crippen molar-refractivity contribution in [2.24, 2.45) is 0 Å².